The highest BCUT2D eigenvalue weighted by molar-refractivity contribution is 4.78. The molecule has 15 heavy (non-hydrogen) atoms. The summed E-state index contributed by atoms with van der Waals surface area (Å²) in [5.74, 6) is 0. The summed E-state index contributed by atoms with van der Waals surface area (Å²) in [6, 6.07) is 0. The molecule has 92 valence electrons. The molecule has 0 amide bonds. The first-order chi connectivity index (χ1) is 7.24. The SMILES string of the molecule is CCCCCC(CCC)(CCC)OOO. The average molecular weight is 218 g/mol. The van der Waals surface area contributed by atoms with E-state index in [4.69, 9.17) is 10.1 Å². The maximum atomic E-state index is 8.49. The predicted octanol–water partition coefficient (Wildman–Crippen LogP) is 4.33. The average Bonchev–Trinajstić information content (AvgIpc) is 2.19. The Hall–Kier alpha value is -0.120. The zero-order chi connectivity index (χ0) is 11.6. The third-order valence-electron chi connectivity index (χ3n) is 2.86. The number of rotatable bonds is 10. The molecule has 0 aliphatic carbocycles. The molecule has 0 spiro atoms. The first-order valence-corrected chi connectivity index (χ1v) is 6.24. The van der Waals surface area contributed by atoms with Gasteiger partial charge in [-0.15, -0.1) is 0 Å². The summed E-state index contributed by atoms with van der Waals surface area (Å²) in [7, 11) is 0. The van der Waals surface area contributed by atoms with Crippen molar-refractivity contribution in [3.8, 4) is 0 Å². The van der Waals surface area contributed by atoms with E-state index in [1.165, 1.54) is 12.8 Å². The molecule has 0 atom stereocenters. The van der Waals surface area contributed by atoms with Gasteiger partial charge in [-0.2, -0.15) is 4.89 Å². The fraction of sp³-hybridized carbons (Fsp3) is 1.00. The van der Waals surface area contributed by atoms with Gasteiger partial charge in [-0.1, -0.05) is 57.9 Å². The normalized spacial score (nSPS) is 12.0. The number of hydrogen-bond acceptors (Lipinski definition) is 3. The van der Waals surface area contributed by atoms with Gasteiger partial charge in [0.05, 0.1) is 0 Å². The molecule has 0 radical (unpaired) electrons. The van der Waals surface area contributed by atoms with E-state index >= 15 is 0 Å². The van der Waals surface area contributed by atoms with Crippen molar-refractivity contribution in [1.29, 1.82) is 0 Å². The summed E-state index contributed by atoms with van der Waals surface area (Å²) in [4.78, 5) is 5.11. The number of unbranched alkanes of at least 4 members (excludes halogenated alkanes) is 2. The Morgan fingerprint density at radius 3 is 1.87 bits per heavy atom. The van der Waals surface area contributed by atoms with Crippen LogP contribution in [-0.2, 0) is 9.93 Å². The van der Waals surface area contributed by atoms with E-state index < -0.39 is 0 Å². The first-order valence-electron chi connectivity index (χ1n) is 6.24. The molecule has 0 aromatic heterocycles. The largest absolute Gasteiger partial charge is 0.221 e. The van der Waals surface area contributed by atoms with Crippen LogP contribution in [-0.4, -0.2) is 10.9 Å². The molecule has 0 rings (SSSR count). The maximum Gasteiger partial charge on any atom is 0.107 e. The minimum absolute atomic E-state index is 0.270. The molecule has 0 bridgehead atoms. The van der Waals surface area contributed by atoms with Crippen LogP contribution in [0.15, 0.2) is 0 Å². The lowest BCUT2D eigenvalue weighted by Gasteiger charge is -2.30. The minimum Gasteiger partial charge on any atom is -0.221 e. The van der Waals surface area contributed by atoms with Crippen LogP contribution in [0, 0.1) is 0 Å². The maximum absolute atomic E-state index is 8.49. The van der Waals surface area contributed by atoms with Gasteiger partial charge < -0.3 is 0 Å². The molecular weight excluding hydrogens is 192 g/mol. The van der Waals surface area contributed by atoms with Gasteiger partial charge >= 0.3 is 0 Å². The van der Waals surface area contributed by atoms with Crippen LogP contribution in [0.25, 0.3) is 0 Å². The summed E-state index contributed by atoms with van der Waals surface area (Å²) in [5.41, 5.74) is -0.270. The van der Waals surface area contributed by atoms with Crippen molar-refractivity contribution in [1.82, 2.24) is 0 Å². The van der Waals surface area contributed by atoms with Gasteiger partial charge in [-0.05, 0) is 19.3 Å². The Bertz CT molecular complexity index is 120. The summed E-state index contributed by atoms with van der Waals surface area (Å²) >= 11 is 0. The van der Waals surface area contributed by atoms with Crippen LogP contribution in [0.4, 0.5) is 0 Å². The van der Waals surface area contributed by atoms with Gasteiger partial charge in [0.15, 0.2) is 0 Å². The van der Waals surface area contributed by atoms with Crippen molar-refractivity contribution in [3.05, 3.63) is 0 Å². The summed E-state index contributed by atoms with van der Waals surface area (Å²) in [6.45, 7) is 6.45. The van der Waals surface area contributed by atoms with Gasteiger partial charge in [0.25, 0.3) is 0 Å². The van der Waals surface area contributed by atoms with Crippen LogP contribution in [0.2, 0.25) is 0 Å². The molecule has 3 nitrogen and oxygen atoms in total. The Kier molecular flexibility index (Phi) is 9.06. The Labute approximate surface area is 93.6 Å². The Morgan fingerprint density at radius 2 is 1.47 bits per heavy atom. The highest BCUT2D eigenvalue weighted by Gasteiger charge is 2.30. The van der Waals surface area contributed by atoms with E-state index in [1.54, 1.807) is 0 Å². The molecule has 0 heterocycles. The van der Waals surface area contributed by atoms with Crippen molar-refractivity contribution in [2.75, 3.05) is 0 Å². The molecule has 0 aromatic rings. The monoisotopic (exact) mass is 218 g/mol. The van der Waals surface area contributed by atoms with E-state index in [2.05, 4.69) is 25.8 Å². The molecule has 0 saturated carbocycles. The molecule has 0 fully saturated rings. The first kappa shape index (κ1) is 14.9. The van der Waals surface area contributed by atoms with Gasteiger partial charge in [0.1, 0.15) is 5.60 Å². The highest BCUT2D eigenvalue weighted by Crippen LogP contribution is 2.30. The second-order valence-electron chi connectivity index (χ2n) is 4.30. The third-order valence-corrected chi connectivity index (χ3v) is 2.86. The van der Waals surface area contributed by atoms with Crippen LogP contribution in [0.3, 0.4) is 0 Å². The van der Waals surface area contributed by atoms with Crippen molar-refractivity contribution in [2.24, 2.45) is 0 Å². The summed E-state index contributed by atoms with van der Waals surface area (Å²) < 4.78 is 0. The third kappa shape index (κ3) is 6.13. The Morgan fingerprint density at radius 1 is 0.867 bits per heavy atom. The van der Waals surface area contributed by atoms with E-state index in [1.807, 2.05) is 0 Å². The molecule has 0 unspecified atom stereocenters. The highest BCUT2D eigenvalue weighted by atomic mass is 17.5. The van der Waals surface area contributed by atoms with Crippen molar-refractivity contribution < 1.29 is 15.2 Å². The lowest BCUT2D eigenvalue weighted by atomic mass is 9.87. The van der Waals surface area contributed by atoms with Gasteiger partial charge in [-0.25, -0.2) is 5.26 Å². The van der Waals surface area contributed by atoms with Gasteiger partial charge in [0, 0.05) is 0 Å². The zero-order valence-corrected chi connectivity index (χ0v) is 10.4. The predicted molar refractivity (Wildman–Crippen MR) is 61.5 cm³/mol. The van der Waals surface area contributed by atoms with E-state index in [-0.39, 0.29) is 5.60 Å². The van der Waals surface area contributed by atoms with E-state index in [9.17, 15) is 0 Å². The molecule has 0 aliphatic rings. The topological polar surface area (TPSA) is 38.7 Å². The molecule has 3 heteroatoms. The second kappa shape index (κ2) is 9.13. The van der Waals surface area contributed by atoms with Crippen molar-refractivity contribution >= 4 is 0 Å². The molecule has 0 aromatic carbocycles. The van der Waals surface area contributed by atoms with E-state index in [0.717, 1.165) is 38.5 Å². The smallest absolute Gasteiger partial charge is 0.107 e. The zero-order valence-electron chi connectivity index (χ0n) is 10.4. The minimum atomic E-state index is -0.270. The van der Waals surface area contributed by atoms with E-state index in [0.29, 0.717) is 0 Å². The fourth-order valence-corrected chi connectivity index (χ4v) is 2.19. The van der Waals surface area contributed by atoms with Crippen LogP contribution in [0.1, 0.15) is 72.1 Å². The summed E-state index contributed by atoms with van der Waals surface area (Å²) in [5, 5.41) is 12.4. The lowest BCUT2D eigenvalue weighted by molar-refractivity contribution is -0.528. The number of hydrogen-bond donors (Lipinski definition) is 1. The second-order valence-corrected chi connectivity index (χ2v) is 4.30. The van der Waals surface area contributed by atoms with Crippen LogP contribution in [0.5, 0.6) is 0 Å². The van der Waals surface area contributed by atoms with Crippen LogP contribution < -0.4 is 0 Å². The molecular formula is C12H26O3. The van der Waals surface area contributed by atoms with Crippen molar-refractivity contribution in [2.45, 2.75) is 77.7 Å². The van der Waals surface area contributed by atoms with Crippen LogP contribution >= 0.6 is 0 Å². The molecule has 0 aliphatic heterocycles. The quantitative estimate of drug-likeness (QED) is 0.337. The Balaban J connectivity index is 4.18. The van der Waals surface area contributed by atoms with Crippen molar-refractivity contribution in [3.63, 3.8) is 0 Å². The van der Waals surface area contributed by atoms with Gasteiger partial charge in [-0.3, -0.25) is 0 Å². The lowest BCUT2D eigenvalue weighted by Crippen LogP contribution is -2.32. The molecule has 1 N–H and O–H groups in total. The van der Waals surface area contributed by atoms with Gasteiger partial charge in [0.2, 0.25) is 0 Å². The standard InChI is InChI=1S/C12H26O3/c1-4-7-8-11-12(9-5-2,10-6-3)14-15-13/h13H,4-11H2,1-3H3. The molecule has 0 saturated heterocycles. The summed E-state index contributed by atoms with van der Waals surface area (Å²) in [6.07, 6.45) is 8.53. The fourth-order valence-electron chi connectivity index (χ4n) is 2.19.